The fourth-order valence-corrected chi connectivity index (χ4v) is 4.82. The molecule has 3 aromatic rings. The summed E-state index contributed by atoms with van der Waals surface area (Å²) in [4.78, 5) is 14.9. The molecule has 0 aliphatic heterocycles. The summed E-state index contributed by atoms with van der Waals surface area (Å²) in [5, 5.41) is 2.13. The van der Waals surface area contributed by atoms with E-state index in [9.17, 15) is 13.2 Å². The van der Waals surface area contributed by atoms with Crippen LogP contribution in [0.3, 0.4) is 0 Å². The summed E-state index contributed by atoms with van der Waals surface area (Å²) in [5.41, 5.74) is 1.09. The number of anilines is 1. The number of amides is 1. The summed E-state index contributed by atoms with van der Waals surface area (Å²) in [6, 6.07) is 18.4. The topological polar surface area (TPSA) is 57.7 Å². The van der Waals surface area contributed by atoms with Crippen molar-refractivity contribution in [1.29, 1.82) is 0 Å². The molecule has 3 aromatic carbocycles. The Morgan fingerprint density at radius 2 is 1.64 bits per heavy atom. The van der Waals surface area contributed by atoms with Crippen molar-refractivity contribution in [3.05, 3.63) is 70.7 Å². The van der Waals surface area contributed by atoms with Crippen LogP contribution in [0.4, 0.5) is 5.69 Å². The minimum atomic E-state index is -3.67. The molecule has 28 heavy (non-hydrogen) atoms. The van der Waals surface area contributed by atoms with Gasteiger partial charge in [-0.15, -0.1) is 0 Å². The van der Waals surface area contributed by atoms with Crippen molar-refractivity contribution < 1.29 is 13.2 Å². The zero-order valence-electron chi connectivity index (χ0n) is 15.9. The number of nitrogens with zero attached hydrogens (tertiary/aromatic N) is 2. The third kappa shape index (κ3) is 3.83. The summed E-state index contributed by atoms with van der Waals surface area (Å²) in [6.45, 7) is 2.35. The lowest BCUT2D eigenvalue weighted by atomic mass is 10.1. The molecule has 0 bridgehead atoms. The van der Waals surface area contributed by atoms with Crippen molar-refractivity contribution in [2.45, 2.75) is 11.8 Å². The highest BCUT2D eigenvalue weighted by atomic mass is 79.9. The Hall–Kier alpha value is -2.22. The second-order valence-electron chi connectivity index (χ2n) is 6.51. The maximum absolute atomic E-state index is 13.2. The number of hydrogen-bond acceptors (Lipinski definition) is 3. The van der Waals surface area contributed by atoms with Gasteiger partial charge in [0.1, 0.15) is 0 Å². The van der Waals surface area contributed by atoms with Crippen molar-refractivity contribution in [3.8, 4) is 0 Å². The molecule has 0 aliphatic rings. The van der Waals surface area contributed by atoms with Gasteiger partial charge in [0, 0.05) is 36.4 Å². The molecule has 0 unspecified atom stereocenters. The predicted molar refractivity (Wildman–Crippen MR) is 116 cm³/mol. The maximum atomic E-state index is 13.2. The first-order valence-electron chi connectivity index (χ1n) is 8.78. The molecule has 5 nitrogen and oxygen atoms in total. The molecular formula is C21H21BrN2O3S. The van der Waals surface area contributed by atoms with Gasteiger partial charge in [-0.2, -0.15) is 0 Å². The van der Waals surface area contributed by atoms with Crippen LogP contribution in [-0.4, -0.2) is 39.3 Å². The van der Waals surface area contributed by atoms with E-state index in [1.54, 1.807) is 17.0 Å². The average molecular weight is 461 g/mol. The number of halogens is 1. The van der Waals surface area contributed by atoms with Gasteiger partial charge in [-0.05, 0) is 64.0 Å². The minimum absolute atomic E-state index is 0.0675. The lowest BCUT2D eigenvalue weighted by Crippen LogP contribution is -2.31. The summed E-state index contributed by atoms with van der Waals surface area (Å²) in [7, 11) is -0.750. The summed E-state index contributed by atoms with van der Waals surface area (Å²) < 4.78 is 26.7. The summed E-state index contributed by atoms with van der Waals surface area (Å²) >= 11 is 3.28. The molecule has 0 aliphatic carbocycles. The largest absolute Gasteiger partial charge is 0.309 e. The van der Waals surface area contributed by atoms with Crippen molar-refractivity contribution >= 4 is 48.3 Å². The molecule has 1 amide bonds. The Kier molecular flexibility index (Phi) is 5.88. The zero-order valence-corrected chi connectivity index (χ0v) is 18.3. The molecule has 0 radical (unpaired) electrons. The summed E-state index contributed by atoms with van der Waals surface area (Å²) in [5.74, 6) is -0.250. The molecule has 3 rings (SSSR count). The Morgan fingerprint density at radius 3 is 2.29 bits per heavy atom. The van der Waals surface area contributed by atoms with Crippen LogP contribution in [0.2, 0.25) is 0 Å². The van der Waals surface area contributed by atoms with E-state index < -0.39 is 10.0 Å². The highest BCUT2D eigenvalue weighted by Crippen LogP contribution is 2.28. The lowest BCUT2D eigenvalue weighted by Gasteiger charge is -2.22. The first kappa shape index (κ1) is 20.5. The number of fused-ring (bicyclic) bond motifs is 1. The third-order valence-electron chi connectivity index (χ3n) is 4.54. The number of sulfonamides is 1. The molecular weight excluding hydrogens is 440 g/mol. The average Bonchev–Trinajstić information content (AvgIpc) is 2.68. The van der Waals surface area contributed by atoms with E-state index >= 15 is 0 Å². The Bertz CT molecular complexity index is 1140. The van der Waals surface area contributed by atoms with E-state index in [4.69, 9.17) is 0 Å². The van der Waals surface area contributed by atoms with E-state index in [-0.39, 0.29) is 10.8 Å². The molecule has 0 atom stereocenters. The fraction of sp³-hybridized carbons (Fsp3) is 0.190. The predicted octanol–water partition coefficient (Wildman–Crippen LogP) is 4.52. The van der Waals surface area contributed by atoms with Crippen LogP contribution < -0.4 is 4.90 Å². The van der Waals surface area contributed by atoms with Crippen molar-refractivity contribution in [3.63, 3.8) is 0 Å². The molecule has 0 saturated heterocycles. The highest BCUT2D eigenvalue weighted by molar-refractivity contribution is 9.10. The van der Waals surface area contributed by atoms with Gasteiger partial charge in [0.05, 0.1) is 4.90 Å². The van der Waals surface area contributed by atoms with E-state index in [0.717, 1.165) is 20.8 Å². The standard InChI is InChI=1S/C21H21BrN2O3S/c1-4-24(18-11-9-15-7-5-6-8-16(15)13-18)21(25)17-10-12-19(22)20(14-17)28(26,27)23(2)3/h5-14H,4H2,1-3H3. The van der Waals surface area contributed by atoms with E-state index in [0.29, 0.717) is 16.6 Å². The van der Waals surface area contributed by atoms with Crippen molar-refractivity contribution in [2.75, 3.05) is 25.5 Å². The normalized spacial score (nSPS) is 11.8. The molecule has 0 spiro atoms. The number of rotatable bonds is 5. The van der Waals surface area contributed by atoms with Crippen LogP contribution in [0, 0.1) is 0 Å². The number of carbonyl (C=O) groups is 1. The Labute approximate surface area is 173 Å². The molecule has 0 aromatic heterocycles. The Balaban J connectivity index is 2.03. The molecule has 146 valence electrons. The maximum Gasteiger partial charge on any atom is 0.258 e. The van der Waals surface area contributed by atoms with Gasteiger partial charge in [-0.25, -0.2) is 12.7 Å². The highest BCUT2D eigenvalue weighted by Gasteiger charge is 2.24. The molecule has 0 saturated carbocycles. The monoisotopic (exact) mass is 460 g/mol. The quantitative estimate of drug-likeness (QED) is 0.562. The molecule has 0 N–H and O–H groups in total. The van der Waals surface area contributed by atoms with Crippen molar-refractivity contribution in [2.24, 2.45) is 0 Å². The minimum Gasteiger partial charge on any atom is -0.309 e. The van der Waals surface area contributed by atoms with Gasteiger partial charge in [-0.3, -0.25) is 4.79 Å². The van der Waals surface area contributed by atoms with Crippen LogP contribution in [-0.2, 0) is 10.0 Å². The molecule has 7 heteroatoms. The van der Waals surface area contributed by atoms with E-state index in [1.165, 1.54) is 20.2 Å². The summed E-state index contributed by atoms with van der Waals surface area (Å²) in [6.07, 6.45) is 0. The van der Waals surface area contributed by atoms with Crippen LogP contribution in [0.1, 0.15) is 17.3 Å². The second-order valence-corrected chi connectivity index (χ2v) is 9.49. The van der Waals surface area contributed by atoms with Crippen LogP contribution >= 0.6 is 15.9 Å². The number of hydrogen-bond donors (Lipinski definition) is 0. The fourth-order valence-electron chi connectivity index (χ4n) is 2.97. The Morgan fingerprint density at radius 1 is 0.964 bits per heavy atom. The molecule has 0 heterocycles. The SMILES string of the molecule is CCN(C(=O)c1ccc(Br)c(S(=O)(=O)N(C)C)c1)c1ccc2ccccc2c1. The lowest BCUT2D eigenvalue weighted by molar-refractivity contribution is 0.0988. The first-order chi connectivity index (χ1) is 13.3. The third-order valence-corrected chi connectivity index (χ3v) is 7.35. The van der Waals surface area contributed by atoms with Gasteiger partial charge in [-0.1, -0.05) is 30.3 Å². The molecule has 0 fully saturated rings. The van der Waals surface area contributed by atoms with Crippen LogP contribution in [0.15, 0.2) is 70.0 Å². The van der Waals surface area contributed by atoms with Gasteiger partial charge in [0.2, 0.25) is 10.0 Å². The van der Waals surface area contributed by atoms with Gasteiger partial charge in [0.15, 0.2) is 0 Å². The van der Waals surface area contributed by atoms with Crippen LogP contribution in [0.5, 0.6) is 0 Å². The van der Waals surface area contributed by atoms with Crippen molar-refractivity contribution in [1.82, 2.24) is 4.31 Å². The van der Waals surface area contributed by atoms with E-state index in [1.807, 2.05) is 49.4 Å². The van der Waals surface area contributed by atoms with Gasteiger partial charge < -0.3 is 4.90 Å². The van der Waals surface area contributed by atoms with Gasteiger partial charge in [0.25, 0.3) is 5.91 Å². The smallest absolute Gasteiger partial charge is 0.258 e. The zero-order chi connectivity index (χ0) is 20.5. The number of carbonyl (C=O) groups excluding carboxylic acids is 1. The number of benzene rings is 3. The van der Waals surface area contributed by atoms with E-state index in [2.05, 4.69) is 15.9 Å². The van der Waals surface area contributed by atoms with Gasteiger partial charge >= 0.3 is 0 Å². The first-order valence-corrected chi connectivity index (χ1v) is 11.0. The van der Waals surface area contributed by atoms with Crippen LogP contribution in [0.25, 0.3) is 10.8 Å². The second kappa shape index (κ2) is 8.03.